The summed E-state index contributed by atoms with van der Waals surface area (Å²) in [5.41, 5.74) is 4.56. The Morgan fingerprint density at radius 3 is 2.74 bits per heavy atom. The van der Waals surface area contributed by atoms with Gasteiger partial charge in [0.25, 0.3) is 5.91 Å². The third-order valence-corrected chi connectivity index (χ3v) is 6.09. The van der Waals surface area contributed by atoms with Crippen molar-refractivity contribution in [3.05, 3.63) is 94.8 Å². The van der Waals surface area contributed by atoms with E-state index in [1.807, 2.05) is 36.4 Å². The molecule has 0 radical (unpaired) electrons. The molecule has 0 bridgehead atoms. The summed E-state index contributed by atoms with van der Waals surface area (Å²) in [6, 6.07) is 17.4. The molecule has 178 valence electrons. The minimum atomic E-state index is -0.227. The van der Waals surface area contributed by atoms with Gasteiger partial charge in [-0.2, -0.15) is 0 Å². The zero-order valence-electron chi connectivity index (χ0n) is 19.7. The third-order valence-electron chi connectivity index (χ3n) is 6.09. The Kier molecular flexibility index (Phi) is 6.43. The number of carbonyl (C=O) groups excluding carboxylic acids is 1. The van der Waals surface area contributed by atoms with Gasteiger partial charge in [-0.3, -0.25) is 4.79 Å². The maximum absolute atomic E-state index is 13.1. The van der Waals surface area contributed by atoms with Crippen molar-refractivity contribution in [3.63, 3.8) is 0 Å². The van der Waals surface area contributed by atoms with Crippen molar-refractivity contribution in [2.45, 2.75) is 39.2 Å². The van der Waals surface area contributed by atoms with Crippen molar-refractivity contribution in [3.8, 4) is 5.75 Å². The Morgan fingerprint density at radius 2 is 1.97 bits per heavy atom. The van der Waals surface area contributed by atoms with Crippen LogP contribution in [-0.4, -0.2) is 27.7 Å². The van der Waals surface area contributed by atoms with Crippen LogP contribution in [0.2, 0.25) is 0 Å². The molecule has 0 saturated heterocycles. The van der Waals surface area contributed by atoms with Crippen molar-refractivity contribution >= 4 is 17.4 Å². The SMILES string of the molecule is CCC(c1ccc(NC(=O)c2cccnc2NCc2ccc3c(c2)CCO3)cc1)c1nnc(C)o1. The molecular weight excluding hydrogens is 442 g/mol. The Morgan fingerprint density at radius 1 is 1.11 bits per heavy atom. The standard InChI is InChI=1S/C27H27N5O3/c1-3-22(27-32-31-17(2)35-27)19-7-9-21(10-8-19)30-26(33)23-5-4-13-28-25(23)29-16-18-6-11-24-20(15-18)12-14-34-24/h4-11,13,15,22H,3,12,14,16H2,1-2H3,(H,28,29)(H,30,33). The molecule has 0 saturated carbocycles. The molecule has 8 nitrogen and oxygen atoms in total. The van der Waals surface area contributed by atoms with Gasteiger partial charge < -0.3 is 19.8 Å². The van der Waals surface area contributed by atoms with E-state index in [1.165, 1.54) is 5.56 Å². The molecule has 35 heavy (non-hydrogen) atoms. The largest absolute Gasteiger partial charge is 0.493 e. The summed E-state index contributed by atoms with van der Waals surface area (Å²) < 4.78 is 11.2. The number of fused-ring (bicyclic) bond motifs is 1. The second-order valence-corrected chi connectivity index (χ2v) is 8.49. The molecule has 2 aromatic carbocycles. The number of nitrogens with zero attached hydrogens (tertiary/aromatic N) is 3. The molecule has 1 atom stereocenters. The smallest absolute Gasteiger partial charge is 0.259 e. The number of aryl methyl sites for hydroxylation is 1. The van der Waals surface area contributed by atoms with Crippen LogP contribution in [0.5, 0.6) is 5.75 Å². The van der Waals surface area contributed by atoms with Gasteiger partial charge in [0.15, 0.2) is 0 Å². The van der Waals surface area contributed by atoms with Gasteiger partial charge in [0.2, 0.25) is 11.8 Å². The van der Waals surface area contributed by atoms with Crippen molar-refractivity contribution in [2.75, 3.05) is 17.2 Å². The van der Waals surface area contributed by atoms with Gasteiger partial charge in [0.1, 0.15) is 11.6 Å². The van der Waals surface area contributed by atoms with Crippen molar-refractivity contribution in [1.82, 2.24) is 15.2 Å². The number of anilines is 2. The molecule has 0 spiro atoms. The average molecular weight is 470 g/mol. The third kappa shape index (κ3) is 5.01. The number of aromatic nitrogens is 3. The number of amides is 1. The first-order valence-electron chi connectivity index (χ1n) is 11.8. The molecule has 1 amide bonds. The molecule has 3 heterocycles. The van der Waals surface area contributed by atoms with Crippen LogP contribution < -0.4 is 15.4 Å². The van der Waals surface area contributed by atoms with E-state index < -0.39 is 0 Å². The summed E-state index contributed by atoms with van der Waals surface area (Å²) in [5.74, 6) is 2.43. The van der Waals surface area contributed by atoms with Crippen LogP contribution in [0.1, 0.15) is 58.1 Å². The molecule has 4 aromatic rings. The second-order valence-electron chi connectivity index (χ2n) is 8.49. The fourth-order valence-electron chi connectivity index (χ4n) is 4.27. The molecular formula is C27H27N5O3. The number of ether oxygens (including phenoxy) is 1. The lowest BCUT2D eigenvalue weighted by Gasteiger charge is -2.13. The first kappa shape index (κ1) is 22.6. The number of hydrogen-bond donors (Lipinski definition) is 2. The molecule has 1 unspecified atom stereocenters. The van der Waals surface area contributed by atoms with Crippen LogP contribution in [0.3, 0.4) is 0 Å². The van der Waals surface area contributed by atoms with Crippen LogP contribution in [0.4, 0.5) is 11.5 Å². The van der Waals surface area contributed by atoms with Gasteiger partial charge in [-0.05, 0) is 53.4 Å². The molecule has 1 aliphatic heterocycles. The molecule has 5 rings (SSSR count). The van der Waals surface area contributed by atoms with E-state index in [9.17, 15) is 4.79 Å². The predicted molar refractivity (Wildman–Crippen MR) is 133 cm³/mol. The minimum Gasteiger partial charge on any atom is -0.493 e. The summed E-state index contributed by atoms with van der Waals surface area (Å²) in [4.78, 5) is 17.5. The number of pyridine rings is 1. The first-order chi connectivity index (χ1) is 17.1. The lowest BCUT2D eigenvalue weighted by Crippen LogP contribution is -2.16. The van der Waals surface area contributed by atoms with E-state index in [-0.39, 0.29) is 11.8 Å². The Balaban J connectivity index is 1.26. The quantitative estimate of drug-likeness (QED) is 0.369. The number of benzene rings is 2. The maximum atomic E-state index is 13.1. The van der Waals surface area contributed by atoms with Crippen LogP contribution >= 0.6 is 0 Å². The fraction of sp³-hybridized carbons (Fsp3) is 0.259. The van der Waals surface area contributed by atoms with Gasteiger partial charge in [-0.15, -0.1) is 10.2 Å². The summed E-state index contributed by atoms with van der Waals surface area (Å²) in [6.45, 7) is 5.15. The Bertz CT molecular complexity index is 1330. The number of carbonyl (C=O) groups is 1. The summed E-state index contributed by atoms with van der Waals surface area (Å²) in [7, 11) is 0. The number of rotatable bonds is 8. The normalized spacial score (nSPS) is 13.1. The monoisotopic (exact) mass is 469 g/mol. The lowest BCUT2D eigenvalue weighted by molar-refractivity contribution is 0.102. The summed E-state index contributed by atoms with van der Waals surface area (Å²) in [5, 5.41) is 14.4. The van der Waals surface area contributed by atoms with Crippen molar-refractivity contribution in [2.24, 2.45) is 0 Å². The molecule has 2 aromatic heterocycles. The van der Waals surface area contributed by atoms with Crippen molar-refractivity contribution < 1.29 is 13.9 Å². The minimum absolute atomic E-state index is 0.0147. The molecule has 0 aliphatic carbocycles. The van der Waals surface area contributed by atoms with E-state index in [1.54, 1.807) is 25.3 Å². The van der Waals surface area contributed by atoms with Gasteiger partial charge in [0.05, 0.1) is 18.1 Å². The fourth-order valence-corrected chi connectivity index (χ4v) is 4.27. The van der Waals surface area contributed by atoms with Crippen LogP contribution in [-0.2, 0) is 13.0 Å². The van der Waals surface area contributed by atoms with Gasteiger partial charge in [-0.25, -0.2) is 4.98 Å². The average Bonchev–Trinajstić information content (AvgIpc) is 3.53. The van der Waals surface area contributed by atoms with Gasteiger partial charge >= 0.3 is 0 Å². The van der Waals surface area contributed by atoms with E-state index in [0.29, 0.717) is 35.4 Å². The molecule has 8 heteroatoms. The molecule has 0 fully saturated rings. The Labute approximate surface area is 203 Å². The predicted octanol–water partition coefficient (Wildman–Crippen LogP) is 5.11. The first-order valence-corrected chi connectivity index (χ1v) is 11.8. The number of hydrogen-bond acceptors (Lipinski definition) is 7. The zero-order chi connectivity index (χ0) is 24.2. The van der Waals surface area contributed by atoms with E-state index in [4.69, 9.17) is 9.15 Å². The highest BCUT2D eigenvalue weighted by Gasteiger charge is 2.19. The zero-order valence-corrected chi connectivity index (χ0v) is 19.7. The van der Waals surface area contributed by atoms with Crippen LogP contribution in [0.15, 0.2) is 65.2 Å². The topological polar surface area (TPSA) is 102 Å². The van der Waals surface area contributed by atoms with E-state index >= 15 is 0 Å². The highest BCUT2D eigenvalue weighted by atomic mass is 16.5. The highest BCUT2D eigenvalue weighted by molar-refractivity contribution is 6.07. The van der Waals surface area contributed by atoms with Crippen LogP contribution in [0, 0.1) is 6.92 Å². The van der Waals surface area contributed by atoms with E-state index in [2.05, 4.69) is 38.8 Å². The van der Waals surface area contributed by atoms with Crippen molar-refractivity contribution in [1.29, 1.82) is 0 Å². The molecule has 2 N–H and O–H groups in total. The number of nitrogens with one attached hydrogen (secondary N) is 2. The molecule has 1 aliphatic rings. The van der Waals surface area contributed by atoms with Gasteiger partial charge in [-0.1, -0.05) is 31.2 Å². The highest BCUT2D eigenvalue weighted by Crippen LogP contribution is 2.28. The van der Waals surface area contributed by atoms with E-state index in [0.717, 1.165) is 36.3 Å². The Hall–Kier alpha value is -4.20. The van der Waals surface area contributed by atoms with Crippen LogP contribution in [0.25, 0.3) is 0 Å². The summed E-state index contributed by atoms with van der Waals surface area (Å²) >= 11 is 0. The lowest BCUT2D eigenvalue weighted by atomic mass is 9.96. The summed E-state index contributed by atoms with van der Waals surface area (Å²) in [6.07, 6.45) is 3.43. The van der Waals surface area contributed by atoms with Gasteiger partial charge in [0, 0.05) is 31.8 Å². The maximum Gasteiger partial charge on any atom is 0.259 e. The second kappa shape index (κ2) is 9.97.